The van der Waals surface area contributed by atoms with E-state index in [1.54, 1.807) is 18.2 Å². The maximum atomic E-state index is 11.2. The molecule has 0 saturated heterocycles. The lowest BCUT2D eigenvalue weighted by Gasteiger charge is -2.22. The molecule has 0 aliphatic rings. The summed E-state index contributed by atoms with van der Waals surface area (Å²) in [5.74, 6) is -3.92. The molecule has 0 aliphatic carbocycles. The van der Waals surface area contributed by atoms with Crippen LogP contribution in [0.25, 0.3) is 0 Å². The summed E-state index contributed by atoms with van der Waals surface area (Å²) in [4.78, 5) is 33.1. The number of methoxy groups -OCH3 is 1. The van der Waals surface area contributed by atoms with Crippen molar-refractivity contribution in [3.63, 3.8) is 0 Å². The molecule has 0 bridgehead atoms. The molecule has 0 spiro atoms. The third kappa shape index (κ3) is 6.57. The van der Waals surface area contributed by atoms with Gasteiger partial charge < -0.3 is 20.1 Å². The highest BCUT2D eigenvalue weighted by Gasteiger charge is 2.26. The van der Waals surface area contributed by atoms with Crippen molar-refractivity contribution in [1.29, 1.82) is 0 Å². The predicted molar refractivity (Wildman–Crippen MR) is 88.3 cm³/mol. The molecule has 0 aliphatic heterocycles. The first-order valence-corrected chi connectivity index (χ1v) is 8.01. The summed E-state index contributed by atoms with van der Waals surface area (Å²) in [5.41, 5.74) is 0.650. The molecule has 1 unspecified atom stereocenters. The molecule has 0 aromatic heterocycles. The summed E-state index contributed by atoms with van der Waals surface area (Å²) in [7, 11) is 1.48. The number of carbonyl (C=O) groups is 3. The Bertz CT molecular complexity index is 598. The van der Waals surface area contributed by atoms with Crippen LogP contribution < -0.4 is 4.74 Å². The van der Waals surface area contributed by atoms with E-state index in [1.165, 1.54) is 7.11 Å². The second-order valence-electron chi connectivity index (χ2n) is 5.48. The van der Waals surface area contributed by atoms with Gasteiger partial charge in [-0.25, -0.2) is 0 Å². The van der Waals surface area contributed by atoms with Crippen molar-refractivity contribution in [2.75, 3.05) is 7.11 Å². The molecule has 0 radical (unpaired) electrons. The van der Waals surface area contributed by atoms with Crippen molar-refractivity contribution in [3.05, 3.63) is 28.2 Å². The van der Waals surface area contributed by atoms with Gasteiger partial charge in [0.1, 0.15) is 5.75 Å². The molecule has 0 amide bonds. The first kappa shape index (κ1) is 20.0. The summed E-state index contributed by atoms with van der Waals surface area (Å²) in [6.45, 7) is 0. The third-order valence-electron chi connectivity index (χ3n) is 3.61. The van der Waals surface area contributed by atoms with Crippen molar-refractivity contribution >= 4 is 33.8 Å². The summed E-state index contributed by atoms with van der Waals surface area (Å²) in [6.07, 6.45) is -0.758. The topological polar surface area (TPSA) is 121 Å². The molecule has 1 aromatic carbocycles. The van der Waals surface area contributed by atoms with E-state index in [0.29, 0.717) is 15.8 Å². The van der Waals surface area contributed by atoms with Gasteiger partial charge in [0.25, 0.3) is 0 Å². The predicted octanol–water partition coefficient (Wildman–Crippen LogP) is 2.97. The lowest BCUT2D eigenvalue weighted by Crippen LogP contribution is -2.18. The van der Waals surface area contributed by atoms with Crippen LogP contribution in [0.5, 0.6) is 5.75 Å². The highest BCUT2D eigenvalue weighted by molar-refractivity contribution is 9.10. The Morgan fingerprint density at radius 2 is 1.58 bits per heavy atom. The minimum atomic E-state index is -1.11. The van der Waals surface area contributed by atoms with Gasteiger partial charge in [-0.3, -0.25) is 14.4 Å². The molecule has 8 heteroatoms. The van der Waals surface area contributed by atoms with Gasteiger partial charge >= 0.3 is 17.9 Å². The number of aliphatic carboxylic acids is 3. The second kappa shape index (κ2) is 9.27. The average Bonchev–Trinajstić information content (AvgIpc) is 2.45. The maximum Gasteiger partial charge on any atom is 0.303 e. The number of ether oxygens (including phenoxy) is 1. The Hall–Kier alpha value is -2.09. The fourth-order valence-corrected chi connectivity index (χ4v) is 3.20. The first-order valence-electron chi connectivity index (χ1n) is 7.21. The summed E-state index contributed by atoms with van der Waals surface area (Å²) in [6, 6.07) is 5.10. The average molecular weight is 403 g/mol. The van der Waals surface area contributed by atoms with Gasteiger partial charge in [0, 0.05) is 17.3 Å². The summed E-state index contributed by atoms with van der Waals surface area (Å²) >= 11 is 3.36. The van der Waals surface area contributed by atoms with Crippen molar-refractivity contribution in [2.45, 2.75) is 31.6 Å². The molecule has 0 saturated carbocycles. The Balaban J connectivity index is 3.12. The molecule has 1 aromatic rings. The molecular formula is C16H19BrO7. The largest absolute Gasteiger partial charge is 0.497 e. The van der Waals surface area contributed by atoms with Gasteiger partial charge in [-0.05, 0) is 42.0 Å². The van der Waals surface area contributed by atoms with E-state index in [0.717, 1.165) is 0 Å². The minimum absolute atomic E-state index is 0.136. The van der Waals surface area contributed by atoms with E-state index >= 15 is 0 Å². The van der Waals surface area contributed by atoms with Crippen molar-refractivity contribution < 1.29 is 34.4 Å². The third-order valence-corrected chi connectivity index (χ3v) is 4.33. The Morgan fingerprint density at radius 3 is 2.04 bits per heavy atom. The lowest BCUT2D eigenvalue weighted by molar-refractivity contribution is -0.140. The van der Waals surface area contributed by atoms with Crippen molar-refractivity contribution in [3.8, 4) is 5.75 Å². The SMILES string of the molecule is COc1ccc(Br)c(C(CC(=O)O)CC(CC(=O)O)CC(=O)O)c1. The quantitative estimate of drug-likeness (QED) is 0.549. The van der Waals surface area contributed by atoms with E-state index in [4.69, 9.17) is 20.1 Å². The summed E-state index contributed by atoms with van der Waals surface area (Å²) < 4.78 is 5.81. The summed E-state index contributed by atoms with van der Waals surface area (Å²) in [5, 5.41) is 27.1. The van der Waals surface area contributed by atoms with E-state index in [2.05, 4.69) is 15.9 Å². The molecular weight excluding hydrogens is 384 g/mol. The van der Waals surface area contributed by atoms with Gasteiger partial charge in [0.2, 0.25) is 0 Å². The van der Waals surface area contributed by atoms with E-state index in [9.17, 15) is 14.4 Å². The van der Waals surface area contributed by atoms with Crippen molar-refractivity contribution in [1.82, 2.24) is 0 Å². The number of halogens is 1. The minimum Gasteiger partial charge on any atom is -0.497 e. The molecule has 3 N–H and O–H groups in total. The molecule has 7 nitrogen and oxygen atoms in total. The number of benzene rings is 1. The monoisotopic (exact) mass is 402 g/mol. The maximum absolute atomic E-state index is 11.2. The zero-order valence-corrected chi connectivity index (χ0v) is 14.7. The molecule has 0 heterocycles. The van der Waals surface area contributed by atoms with Crippen LogP contribution in [0.3, 0.4) is 0 Å². The number of rotatable bonds is 10. The van der Waals surface area contributed by atoms with Crippen molar-refractivity contribution in [2.24, 2.45) is 5.92 Å². The van der Waals surface area contributed by atoms with Crippen LogP contribution in [-0.4, -0.2) is 40.3 Å². The van der Waals surface area contributed by atoms with E-state index in [1.807, 2.05) is 0 Å². The normalized spacial score (nSPS) is 12.0. The van der Waals surface area contributed by atoms with Crippen LogP contribution in [0.1, 0.15) is 37.2 Å². The fourth-order valence-electron chi connectivity index (χ4n) is 2.63. The van der Waals surface area contributed by atoms with Gasteiger partial charge in [-0.1, -0.05) is 15.9 Å². The molecule has 1 rings (SSSR count). The highest BCUT2D eigenvalue weighted by atomic mass is 79.9. The first-order chi connectivity index (χ1) is 11.2. The zero-order valence-electron chi connectivity index (χ0n) is 13.1. The Kier molecular flexibility index (Phi) is 7.70. The Morgan fingerprint density at radius 1 is 1.04 bits per heavy atom. The van der Waals surface area contributed by atoms with E-state index in [-0.39, 0.29) is 25.7 Å². The number of hydrogen-bond donors (Lipinski definition) is 3. The second-order valence-corrected chi connectivity index (χ2v) is 6.33. The van der Waals surface area contributed by atoms with Crippen LogP contribution in [0.4, 0.5) is 0 Å². The fraction of sp³-hybridized carbons (Fsp3) is 0.438. The highest BCUT2D eigenvalue weighted by Crippen LogP contribution is 2.36. The number of carboxylic acids is 3. The Labute approximate surface area is 147 Å². The molecule has 24 heavy (non-hydrogen) atoms. The van der Waals surface area contributed by atoms with Gasteiger partial charge in [0.15, 0.2) is 0 Å². The smallest absolute Gasteiger partial charge is 0.303 e. The molecule has 132 valence electrons. The lowest BCUT2D eigenvalue weighted by atomic mass is 9.83. The van der Waals surface area contributed by atoms with Crippen LogP contribution in [0.15, 0.2) is 22.7 Å². The van der Waals surface area contributed by atoms with Gasteiger partial charge in [-0.15, -0.1) is 0 Å². The number of hydrogen-bond acceptors (Lipinski definition) is 4. The standard InChI is InChI=1S/C16H19BrO7/c1-24-11-2-3-13(17)12(8-11)10(7-16(22)23)4-9(5-14(18)19)6-15(20)21/h2-3,8-10H,4-7H2,1H3,(H,18,19)(H,20,21)(H,22,23). The number of carboxylic acid groups (broad SMARTS) is 3. The van der Waals surface area contributed by atoms with Crippen LogP contribution in [-0.2, 0) is 14.4 Å². The van der Waals surface area contributed by atoms with Crippen LogP contribution in [0.2, 0.25) is 0 Å². The van der Waals surface area contributed by atoms with Crippen LogP contribution >= 0.6 is 15.9 Å². The van der Waals surface area contributed by atoms with E-state index < -0.39 is 29.7 Å². The van der Waals surface area contributed by atoms with Gasteiger partial charge in [-0.2, -0.15) is 0 Å². The van der Waals surface area contributed by atoms with Gasteiger partial charge in [0.05, 0.1) is 13.5 Å². The zero-order chi connectivity index (χ0) is 18.3. The molecule has 0 fully saturated rings. The molecule has 1 atom stereocenters. The van der Waals surface area contributed by atoms with Crippen LogP contribution in [0, 0.1) is 5.92 Å².